The molecule has 1 N–H and O–H groups in total. The normalized spacial score (nSPS) is 35.8. The smallest absolute Gasteiger partial charge is 0.0594 e. The second kappa shape index (κ2) is 4.63. The highest BCUT2D eigenvalue weighted by atomic mass is 16.5. The van der Waals surface area contributed by atoms with Gasteiger partial charge in [-0.05, 0) is 44.9 Å². The molecule has 0 heterocycles. The molecule has 14 heavy (non-hydrogen) atoms. The highest BCUT2D eigenvalue weighted by Crippen LogP contribution is 2.44. The van der Waals surface area contributed by atoms with E-state index in [9.17, 15) is 0 Å². The fraction of sp³-hybridized carbons (Fsp3) is 1.00. The minimum absolute atomic E-state index is 0.372. The van der Waals surface area contributed by atoms with Gasteiger partial charge in [-0.1, -0.05) is 6.42 Å². The summed E-state index contributed by atoms with van der Waals surface area (Å²) in [6, 6.07) is 0.810. The van der Waals surface area contributed by atoms with Crippen LogP contribution in [0, 0.1) is 11.8 Å². The fourth-order valence-electron chi connectivity index (χ4n) is 3.03. The molecule has 2 saturated carbocycles. The van der Waals surface area contributed by atoms with Gasteiger partial charge in [0.25, 0.3) is 0 Å². The van der Waals surface area contributed by atoms with E-state index in [1.54, 1.807) is 0 Å². The van der Waals surface area contributed by atoms with E-state index in [4.69, 9.17) is 4.74 Å². The van der Waals surface area contributed by atoms with Crippen LogP contribution in [0.25, 0.3) is 0 Å². The van der Waals surface area contributed by atoms with Crippen molar-refractivity contribution < 1.29 is 4.74 Å². The molecule has 0 amide bonds. The number of hydrogen-bond donors (Lipinski definition) is 1. The van der Waals surface area contributed by atoms with Crippen LogP contribution in [0.2, 0.25) is 0 Å². The summed E-state index contributed by atoms with van der Waals surface area (Å²) < 4.78 is 5.52. The Kier molecular flexibility index (Phi) is 3.45. The van der Waals surface area contributed by atoms with E-state index >= 15 is 0 Å². The van der Waals surface area contributed by atoms with E-state index in [-0.39, 0.29) is 0 Å². The second-order valence-corrected chi connectivity index (χ2v) is 5.16. The van der Waals surface area contributed by atoms with E-state index in [0.717, 1.165) is 31.0 Å². The zero-order valence-electron chi connectivity index (χ0n) is 9.46. The standard InChI is InChI=1S/C12H23NO/c1-9(2)14-6-5-13-12-8-10-3-4-11(12)7-10/h9-13H,3-8H2,1-2H3. The largest absolute Gasteiger partial charge is 0.377 e. The first-order valence-corrected chi connectivity index (χ1v) is 6.10. The Morgan fingerprint density at radius 1 is 1.29 bits per heavy atom. The molecule has 0 radical (unpaired) electrons. The average molecular weight is 197 g/mol. The molecular formula is C12H23NO. The lowest BCUT2D eigenvalue weighted by Gasteiger charge is -2.23. The van der Waals surface area contributed by atoms with Crippen LogP contribution in [-0.4, -0.2) is 25.3 Å². The minimum Gasteiger partial charge on any atom is -0.377 e. The molecule has 0 aromatic heterocycles. The van der Waals surface area contributed by atoms with Crippen LogP contribution in [0.15, 0.2) is 0 Å². The lowest BCUT2D eigenvalue weighted by atomic mass is 9.95. The summed E-state index contributed by atoms with van der Waals surface area (Å²) in [5.41, 5.74) is 0. The van der Waals surface area contributed by atoms with Crippen LogP contribution in [0.5, 0.6) is 0 Å². The number of fused-ring (bicyclic) bond motifs is 2. The van der Waals surface area contributed by atoms with Gasteiger partial charge in [0.1, 0.15) is 0 Å². The zero-order valence-corrected chi connectivity index (χ0v) is 9.46. The van der Waals surface area contributed by atoms with Gasteiger partial charge in [-0.15, -0.1) is 0 Å². The van der Waals surface area contributed by atoms with E-state index in [1.807, 2.05) is 0 Å². The third kappa shape index (κ3) is 2.48. The minimum atomic E-state index is 0.372. The Bertz CT molecular complexity index is 181. The third-order valence-electron chi connectivity index (χ3n) is 3.70. The van der Waals surface area contributed by atoms with Crippen molar-refractivity contribution in [3.8, 4) is 0 Å². The maximum atomic E-state index is 5.52. The van der Waals surface area contributed by atoms with Crippen LogP contribution in [0.1, 0.15) is 39.5 Å². The highest BCUT2D eigenvalue weighted by molar-refractivity contribution is 4.93. The Labute approximate surface area is 87.4 Å². The molecule has 0 saturated heterocycles. The topological polar surface area (TPSA) is 21.3 Å². The van der Waals surface area contributed by atoms with E-state index in [0.29, 0.717) is 6.10 Å². The molecule has 3 atom stereocenters. The molecular weight excluding hydrogens is 174 g/mol. The molecule has 0 aromatic rings. The summed E-state index contributed by atoms with van der Waals surface area (Å²) in [5.74, 6) is 2.03. The molecule has 0 spiro atoms. The summed E-state index contributed by atoms with van der Waals surface area (Å²) in [6.45, 7) is 6.09. The fourth-order valence-corrected chi connectivity index (χ4v) is 3.03. The van der Waals surface area contributed by atoms with Crippen LogP contribution in [0.3, 0.4) is 0 Å². The number of hydrogen-bond acceptors (Lipinski definition) is 2. The highest BCUT2D eigenvalue weighted by Gasteiger charge is 2.38. The molecule has 2 bridgehead atoms. The van der Waals surface area contributed by atoms with Gasteiger partial charge in [0.2, 0.25) is 0 Å². The lowest BCUT2D eigenvalue weighted by Crippen LogP contribution is -2.36. The summed E-state index contributed by atoms with van der Waals surface area (Å²) in [7, 11) is 0. The molecule has 2 nitrogen and oxygen atoms in total. The summed E-state index contributed by atoms with van der Waals surface area (Å²) in [4.78, 5) is 0. The van der Waals surface area contributed by atoms with Gasteiger partial charge in [-0.3, -0.25) is 0 Å². The average Bonchev–Trinajstić information content (AvgIpc) is 2.73. The lowest BCUT2D eigenvalue weighted by molar-refractivity contribution is 0.0781. The van der Waals surface area contributed by atoms with Gasteiger partial charge in [0.15, 0.2) is 0 Å². The Morgan fingerprint density at radius 2 is 2.14 bits per heavy atom. The Balaban J connectivity index is 1.58. The van der Waals surface area contributed by atoms with E-state index < -0.39 is 0 Å². The quantitative estimate of drug-likeness (QED) is 0.682. The third-order valence-corrected chi connectivity index (χ3v) is 3.70. The maximum absolute atomic E-state index is 5.52. The van der Waals surface area contributed by atoms with Crippen LogP contribution in [0.4, 0.5) is 0 Å². The molecule has 2 aliphatic carbocycles. The summed E-state index contributed by atoms with van der Waals surface area (Å²) in [6.07, 6.45) is 6.24. The van der Waals surface area contributed by atoms with Crippen molar-refractivity contribution >= 4 is 0 Å². The van der Waals surface area contributed by atoms with Crippen molar-refractivity contribution in [2.75, 3.05) is 13.2 Å². The van der Waals surface area contributed by atoms with Crippen molar-refractivity contribution in [1.29, 1.82) is 0 Å². The predicted molar refractivity (Wildman–Crippen MR) is 58.3 cm³/mol. The van der Waals surface area contributed by atoms with Crippen molar-refractivity contribution in [1.82, 2.24) is 5.32 Å². The van der Waals surface area contributed by atoms with Gasteiger partial charge in [0, 0.05) is 12.6 Å². The van der Waals surface area contributed by atoms with Crippen molar-refractivity contribution in [2.24, 2.45) is 11.8 Å². The zero-order chi connectivity index (χ0) is 9.97. The van der Waals surface area contributed by atoms with Crippen molar-refractivity contribution in [3.63, 3.8) is 0 Å². The predicted octanol–water partition coefficient (Wildman–Crippen LogP) is 2.19. The summed E-state index contributed by atoms with van der Waals surface area (Å²) in [5, 5.41) is 3.64. The van der Waals surface area contributed by atoms with Gasteiger partial charge in [-0.2, -0.15) is 0 Å². The molecule has 2 fully saturated rings. The molecule has 0 aliphatic heterocycles. The molecule has 2 aliphatic rings. The number of rotatable bonds is 5. The second-order valence-electron chi connectivity index (χ2n) is 5.16. The van der Waals surface area contributed by atoms with Crippen LogP contribution >= 0.6 is 0 Å². The van der Waals surface area contributed by atoms with Gasteiger partial charge in [-0.25, -0.2) is 0 Å². The molecule has 2 rings (SSSR count). The molecule has 3 unspecified atom stereocenters. The van der Waals surface area contributed by atoms with E-state index in [1.165, 1.54) is 25.7 Å². The molecule has 2 heteroatoms. The van der Waals surface area contributed by atoms with Gasteiger partial charge >= 0.3 is 0 Å². The molecule has 82 valence electrons. The SMILES string of the molecule is CC(C)OCCNC1CC2CCC1C2. The number of nitrogens with one attached hydrogen (secondary N) is 1. The Morgan fingerprint density at radius 3 is 2.71 bits per heavy atom. The first-order valence-electron chi connectivity index (χ1n) is 6.10. The maximum Gasteiger partial charge on any atom is 0.0594 e. The van der Waals surface area contributed by atoms with Gasteiger partial charge < -0.3 is 10.1 Å². The summed E-state index contributed by atoms with van der Waals surface area (Å²) >= 11 is 0. The van der Waals surface area contributed by atoms with Crippen molar-refractivity contribution in [3.05, 3.63) is 0 Å². The molecule has 0 aromatic carbocycles. The van der Waals surface area contributed by atoms with Gasteiger partial charge in [0.05, 0.1) is 12.7 Å². The Hall–Kier alpha value is -0.0800. The van der Waals surface area contributed by atoms with E-state index in [2.05, 4.69) is 19.2 Å². The van der Waals surface area contributed by atoms with Crippen LogP contribution < -0.4 is 5.32 Å². The van der Waals surface area contributed by atoms with Crippen LogP contribution in [-0.2, 0) is 4.74 Å². The first-order chi connectivity index (χ1) is 6.75. The number of ether oxygens (including phenoxy) is 1. The first kappa shape index (κ1) is 10.4. The van der Waals surface area contributed by atoms with Crippen molar-refractivity contribution in [2.45, 2.75) is 51.7 Å². The monoisotopic (exact) mass is 197 g/mol.